The zero-order valence-electron chi connectivity index (χ0n) is 18.1. The van der Waals surface area contributed by atoms with Crippen LogP contribution in [0.2, 0.25) is 0 Å². The van der Waals surface area contributed by atoms with Crippen molar-refractivity contribution in [3.8, 4) is 23.7 Å². The van der Waals surface area contributed by atoms with E-state index < -0.39 is 23.0 Å². The van der Waals surface area contributed by atoms with Crippen LogP contribution in [0, 0.1) is 23.7 Å². The van der Waals surface area contributed by atoms with Gasteiger partial charge in [-0.2, -0.15) is 0 Å². The van der Waals surface area contributed by atoms with E-state index in [1.165, 1.54) is 0 Å². The molecular formula is C26H18N6O2. The van der Waals surface area contributed by atoms with Gasteiger partial charge in [0.05, 0.1) is 11.1 Å². The van der Waals surface area contributed by atoms with Gasteiger partial charge in [0.25, 0.3) is 0 Å². The first-order valence-corrected chi connectivity index (χ1v) is 10.4. The average molecular weight is 446 g/mol. The average Bonchev–Trinajstić information content (AvgIpc) is 2.87. The van der Waals surface area contributed by atoms with Crippen molar-refractivity contribution in [3.63, 3.8) is 0 Å². The van der Waals surface area contributed by atoms with E-state index in [9.17, 15) is 9.59 Å². The van der Waals surface area contributed by atoms with Crippen LogP contribution in [0.25, 0.3) is 20.9 Å². The van der Waals surface area contributed by atoms with E-state index in [1.807, 2.05) is 60.7 Å². The van der Waals surface area contributed by atoms with Gasteiger partial charge in [0.1, 0.15) is 11.4 Å². The molecule has 8 nitrogen and oxygen atoms in total. The maximum Gasteiger partial charge on any atom is 0.205 e. The predicted molar refractivity (Wildman–Crippen MR) is 127 cm³/mol. The summed E-state index contributed by atoms with van der Waals surface area (Å²) in [6.07, 6.45) is 2.09. The van der Waals surface area contributed by atoms with Crippen LogP contribution in [0.4, 0.5) is 0 Å². The number of azide groups is 2. The van der Waals surface area contributed by atoms with Gasteiger partial charge in [-0.25, -0.2) is 0 Å². The highest BCUT2D eigenvalue weighted by Gasteiger charge is 2.32. The van der Waals surface area contributed by atoms with Gasteiger partial charge in [0.15, 0.2) is 0 Å². The number of hydrogen-bond donors (Lipinski definition) is 0. The third-order valence-electron chi connectivity index (χ3n) is 4.84. The lowest BCUT2D eigenvalue weighted by atomic mass is 9.91. The van der Waals surface area contributed by atoms with Crippen molar-refractivity contribution < 1.29 is 9.59 Å². The zero-order chi connectivity index (χ0) is 24.2. The minimum Gasteiger partial charge on any atom is -0.288 e. The molecule has 0 heterocycles. The van der Waals surface area contributed by atoms with Crippen molar-refractivity contribution in [2.24, 2.45) is 10.2 Å². The first-order valence-electron chi connectivity index (χ1n) is 10.4. The molecular weight excluding hydrogens is 428 g/mol. The molecule has 164 valence electrons. The number of Topliss-reactive ketones (excluding diaryl/α,β-unsaturated/α-hetero) is 2. The lowest BCUT2D eigenvalue weighted by molar-refractivity contribution is -0.116. The number of allylic oxidation sites excluding steroid dienone is 2. The van der Waals surface area contributed by atoms with E-state index in [2.05, 4.69) is 43.7 Å². The first kappa shape index (κ1) is 23.7. The summed E-state index contributed by atoms with van der Waals surface area (Å²) < 4.78 is 0. The molecule has 8 heteroatoms. The van der Waals surface area contributed by atoms with E-state index in [-0.39, 0.29) is 11.1 Å². The van der Waals surface area contributed by atoms with Crippen LogP contribution in [-0.4, -0.2) is 11.6 Å². The number of carbonyl (C=O) groups is 2. The molecule has 2 aromatic rings. The minimum atomic E-state index is -0.792. The standard InChI is InChI=1S/C26H18N6O2/c27-31-29-23-21(17-9-7-15-19-11-3-1-4-12-19)25(33)24(30-32-28)22(26(23)34)18-10-8-16-20-13-5-2-6-14-20/h1-6,11-14H,7-8,15-16H2. The van der Waals surface area contributed by atoms with Gasteiger partial charge < -0.3 is 0 Å². The monoisotopic (exact) mass is 446 g/mol. The van der Waals surface area contributed by atoms with Gasteiger partial charge in [-0.05, 0) is 35.0 Å². The van der Waals surface area contributed by atoms with E-state index in [4.69, 9.17) is 11.1 Å². The predicted octanol–water partition coefficient (Wildman–Crippen LogP) is 5.54. The largest absolute Gasteiger partial charge is 0.288 e. The molecule has 0 bridgehead atoms. The van der Waals surface area contributed by atoms with E-state index in [1.54, 1.807) is 0 Å². The molecule has 0 aromatic heterocycles. The molecule has 0 radical (unpaired) electrons. The van der Waals surface area contributed by atoms with Crippen LogP contribution in [0.1, 0.15) is 24.0 Å². The van der Waals surface area contributed by atoms with Gasteiger partial charge in [0.2, 0.25) is 11.6 Å². The third-order valence-corrected chi connectivity index (χ3v) is 4.84. The summed E-state index contributed by atoms with van der Waals surface area (Å²) >= 11 is 0. The van der Waals surface area contributed by atoms with Crippen molar-refractivity contribution in [2.45, 2.75) is 25.7 Å². The number of benzene rings is 2. The van der Waals surface area contributed by atoms with Crippen molar-refractivity contribution >= 4 is 11.6 Å². The molecule has 0 N–H and O–H groups in total. The third kappa shape index (κ3) is 6.03. The summed E-state index contributed by atoms with van der Waals surface area (Å²) in [6.45, 7) is 0. The fourth-order valence-electron chi connectivity index (χ4n) is 3.20. The second-order valence-corrected chi connectivity index (χ2v) is 7.06. The lowest BCUT2D eigenvalue weighted by Gasteiger charge is -2.13. The summed E-state index contributed by atoms with van der Waals surface area (Å²) in [7, 11) is 0. The fourth-order valence-corrected chi connectivity index (χ4v) is 3.20. The molecule has 0 saturated carbocycles. The second kappa shape index (κ2) is 12.1. The normalized spacial score (nSPS) is 12.6. The summed E-state index contributed by atoms with van der Waals surface area (Å²) in [4.78, 5) is 31.3. The molecule has 1 aliphatic carbocycles. The topological polar surface area (TPSA) is 132 Å². The molecule has 34 heavy (non-hydrogen) atoms. The highest BCUT2D eigenvalue weighted by Crippen LogP contribution is 2.26. The van der Waals surface area contributed by atoms with Gasteiger partial charge in [-0.3, -0.25) is 9.59 Å². The van der Waals surface area contributed by atoms with Gasteiger partial charge in [-0.1, -0.05) is 94.6 Å². The van der Waals surface area contributed by atoms with Crippen molar-refractivity contribution in [2.75, 3.05) is 0 Å². The Hall–Kier alpha value is -5.00. The molecule has 1 aliphatic rings. The summed E-state index contributed by atoms with van der Waals surface area (Å²) in [5.41, 5.74) is 18.5. The van der Waals surface area contributed by atoms with Crippen LogP contribution in [0.15, 0.2) is 93.4 Å². The Labute approximate surface area is 196 Å². The Balaban J connectivity index is 1.87. The number of carbonyl (C=O) groups excluding carboxylic acids is 2. The Morgan fingerprint density at radius 2 is 1.03 bits per heavy atom. The van der Waals surface area contributed by atoms with Crippen LogP contribution in [0.5, 0.6) is 0 Å². The molecule has 0 amide bonds. The van der Waals surface area contributed by atoms with E-state index >= 15 is 0 Å². The smallest absolute Gasteiger partial charge is 0.205 e. The molecule has 3 rings (SSSR count). The second-order valence-electron chi connectivity index (χ2n) is 7.06. The van der Waals surface area contributed by atoms with Crippen LogP contribution in [-0.2, 0) is 22.4 Å². The Kier molecular flexibility index (Phi) is 8.45. The van der Waals surface area contributed by atoms with Gasteiger partial charge >= 0.3 is 0 Å². The van der Waals surface area contributed by atoms with Crippen molar-refractivity contribution in [1.29, 1.82) is 0 Å². The highest BCUT2D eigenvalue weighted by molar-refractivity contribution is 6.28. The molecule has 0 spiro atoms. The lowest BCUT2D eigenvalue weighted by Crippen LogP contribution is -2.21. The number of aryl methyl sites for hydroxylation is 2. The van der Waals surface area contributed by atoms with Crippen LogP contribution in [0.3, 0.4) is 0 Å². The SMILES string of the molecule is [N-]=[N+]=NC1=C(C#CCCc2ccccc2)C(=O)C(N=[N+]=[N-])=C(C#CCCc2ccccc2)C1=O. The Bertz CT molecular complexity index is 1280. The Morgan fingerprint density at radius 1 is 0.647 bits per heavy atom. The molecule has 0 aliphatic heterocycles. The van der Waals surface area contributed by atoms with Gasteiger partial charge in [-0.15, -0.1) is 0 Å². The Morgan fingerprint density at radius 3 is 1.38 bits per heavy atom. The zero-order valence-corrected chi connectivity index (χ0v) is 18.1. The number of rotatable bonds is 6. The maximum absolute atomic E-state index is 13.0. The summed E-state index contributed by atoms with van der Waals surface area (Å²) in [6, 6.07) is 19.3. The van der Waals surface area contributed by atoms with Crippen molar-refractivity contribution in [1.82, 2.24) is 0 Å². The quantitative estimate of drug-likeness (QED) is 0.189. The maximum atomic E-state index is 13.0. The molecule has 0 saturated heterocycles. The highest BCUT2D eigenvalue weighted by atomic mass is 16.1. The first-order chi connectivity index (χ1) is 16.7. The molecule has 0 unspecified atom stereocenters. The van der Waals surface area contributed by atoms with Crippen LogP contribution >= 0.6 is 0 Å². The fraction of sp³-hybridized carbons (Fsp3) is 0.154. The summed E-state index contributed by atoms with van der Waals surface area (Å²) in [5, 5.41) is 6.81. The minimum absolute atomic E-state index is 0.298. The van der Waals surface area contributed by atoms with E-state index in [0.29, 0.717) is 25.7 Å². The van der Waals surface area contributed by atoms with E-state index in [0.717, 1.165) is 11.1 Å². The van der Waals surface area contributed by atoms with Crippen molar-refractivity contribution in [3.05, 3.63) is 115 Å². The molecule has 0 atom stereocenters. The number of hydrogen-bond acceptors (Lipinski definition) is 4. The number of nitrogens with zero attached hydrogens (tertiary/aromatic N) is 6. The molecule has 2 aromatic carbocycles. The summed E-state index contributed by atoms with van der Waals surface area (Å²) in [5.74, 6) is 9.35. The number of ketones is 2. The molecule has 0 fully saturated rings. The van der Waals surface area contributed by atoms with Gasteiger partial charge in [0, 0.05) is 22.7 Å². The van der Waals surface area contributed by atoms with Crippen LogP contribution < -0.4 is 0 Å².